The van der Waals surface area contributed by atoms with Gasteiger partial charge in [-0.1, -0.05) is 29.3 Å². The first-order valence-corrected chi connectivity index (χ1v) is 10.6. The number of nitrogens with zero attached hydrogens (tertiary/aromatic N) is 4. The summed E-state index contributed by atoms with van der Waals surface area (Å²) in [6, 6.07) is 6.70. The molecular formula is C20H15Cl2N5O3S. The normalized spacial score (nSPS) is 11.1. The molecule has 8 nitrogen and oxygen atoms in total. The number of pyridine rings is 1. The second kappa shape index (κ2) is 8.26. The number of halogens is 2. The Morgan fingerprint density at radius 2 is 1.87 bits per heavy atom. The van der Waals surface area contributed by atoms with E-state index >= 15 is 0 Å². The minimum absolute atomic E-state index is 0.175. The standard InChI is InChI=1S/C20H15Cl2N5O3S/c1-26-16-14(18(29)27(2)20(26)30)6-11(8-23-16)17(28)25-19-24-9-13(31-19)5-10-3-4-12(21)7-15(10)22/h3-4,6-9H,5H2,1-2H3,(H,24,25,28). The molecule has 0 saturated heterocycles. The van der Waals surface area contributed by atoms with Gasteiger partial charge in [-0.3, -0.25) is 24.0 Å². The maximum atomic E-state index is 12.7. The maximum Gasteiger partial charge on any atom is 0.332 e. The molecule has 0 aliphatic heterocycles. The summed E-state index contributed by atoms with van der Waals surface area (Å²) >= 11 is 13.5. The van der Waals surface area contributed by atoms with Gasteiger partial charge in [0.2, 0.25) is 0 Å². The van der Waals surface area contributed by atoms with E-state index in [4.69, 9.17) is 23.2 Å². The fourth-order valence-corrected chi connectivity index (χ4v) is 4.36. The van der Waals surface area contributed by atoms with Gasteiger partial charge < -0.3 is 0 Å². The molecule has 0 spiro atoms. The Morgan fingerprint density at radius 1 is 1.10 bits per heavy atom. The van der Waals surface area contributed by atoms with E-state index in [1.165, 1.54) is 42.3 Å². The Kier molecular flexibility index (Phi) is 5.65. The highest BCUT2D eigenvalue weighted by molar-refractivity contribution is 7.15. The number of nitrogens with one attached hydrogen (secondary N) is 1. The second-order valence-electron chi connectivity index (χ2n) is 6.80. The maximum absolute atomic E-state index is 12.7. The zero-order chi connectivity index (χ0) is 22.3. The second-order valence-corrected chi connectivity index (χ2v) is 8.76. The minimum Gasteiger partial charge on any atom is -0.298 e. The predicted octanol–water partition coefficient (Wildman–Crippen LogP) is 3.24. The summed E-state index contributed by atoms with van der Waals surface area (Å²) in [7, 11) is 2.89. The third-order valence-corrected chi connectivity index (χ3v) is 6.21. The molecule has 0 saturated carbocycles. The molecule has 0 bridgehead atoms. The van der Waals surface area contributed by atoms with Gasteiger partial charge in [-0.15, -0.1) is 11.3 Å². The van der Waals surface area contributed by atoms with Crippen molar-refractivity contribution in [3.8, 4) is 0 Å². The number of thiazole rings is 1. The van der Waals surface area contributed by atoms with Crippen LogP contribution in [0.4, 0.5) is 5.13 Å². The van der Waals surface area contributed by atoms with Crippen LogP contribution < -0.4 is 16.6 Å². The van der Waals surface area contributed by atoms with Crippen LogP contribution in [0.3, 0.4) is 0 Å². The van der Waals surface area contributed by atoms with Crippen molar-refractivity contribution in [2.75, 3.05) is 5.32 Å². The molecule has 4 aromatic rings. The van der Waals surface area contributed by atoms with Crippen molar-refractivity contribution in [3.05, 3.63) is 83.5 Å². The SMILES string of the molecule is Cn1c(=O)c2cc(C(=O)Nc3ncc(Cc4ccc(Cl)cc4Cl)s3)cnc2n(C)c1=O. The van der Waals surface area contributed by atoms with Crippen LogP contribution in [-0.4, -0.2) is 25.0 Å². The lowest BCUT2D eigenvalue weighted by molar-refractivity contribution is 0.102. The number of hydrogen-bond acceptors (Lipinski definition) is 6. The summed E-state index contributed by atoms with van der Waals surface area (Å²) < 4.78 is 2.23. The quantitative estimate of drug-likeness (QED) is 0.488. The zero-order valence-electron chi connectivity index (χ0n) is 16.3. The number of hydrogen-bond donors (Lipinski definition) is 1. The van der Waals surface area contributed by atoms with Gasteiger partial charge in [0.15, 0.2) is 5.13 Å². The van der Waals surface area contributed by atoms with E-state index in [1.54, 1.807) is 18.3 Å². The predicted molar refractivity (Wildman–Crippen MR) is 122 cm³/mol. The Labute approximate surface area is 189 Å². The number of fused-ring (bicyclic) bond motifs is 1. The minimum atomic E-state index is -0.517. The van der Waals surface area contributed by atoms with Gasteiger partial charge in [0.1, 0.15) is 5.65 Å². The highest BCUT2D eigenvalue weighted by Crippen LogP contribution is 2.27. The van der Waals surface area contributed by atoms with Gasteiger partial charge in [-0.25, -0.2) is 14.8 Å². The molecule has 11 heteroatoms. The van der Waals surface area contributed by atoms with Crippen molar-refractivity contribution in [1.29, 1.82) is 0 Å². The van der Waals surface area contributed by atoms with E-state index in [1.807, 2.05) is 6.07 Å². The zero-order valence-corrected chi connectivity index (χ0v) is 18.7. The summed E-state index contributed by atoms with van der Waals surface area (Å²) in [5.41, 5.74) is 0.282. The summed E-state index contributed by atoms with van der Waals surface area (Å²) in [5, 5.41) is 4.41. The number of carbonyl (C=O) groups is 1. The van der Waals surface area contributed by atoms with Crippen molar-refractivity contribution in [2.24, 2.45) is 14.1 Å². The number of aromatic nitrogens is 4. The average Bonchev–Trinajstić information content (AvgIpc) is 3.19. The van der Waals surface area contributed by atoms with Crippen LogP contribution in [0.25, 0.3) is 11.0 Å². The molecule has 0 radical (unpaired) electrons. The smallest absolute Gasteiger partial charge is 0.298 e. The van der Waals surface area contributed by atoms with Gasteiger partial charge in [-0.2, -0.15) is 0 Å². The number of amides is 1. The summed E-state index contributed by atoms with van der Waals surface area (Å²) in [6.07, 6.45) is 3.53. The van der Waals surface area contributed by atoms with Gasteiger partial charge in [0.25, 0.3) is 11.5 Å². The molecule has 0 aliphatic rings. The average molecular weight is 476 g/mol. The number of carbonyl (C=O) groups excluding carboxylic acids is 1. The van der Waals surface area contributed by atoms with Crippen LogP contribution in [0.1, 0.15) is 20.8 Å². The Hall–Kier alpha value is -3.01. The summed E-state index contributed by atoms with van der Waals surface area (Å²) in [4.78, 5) is 46.4. The number of rotatable bonds is 4. The van der Waals surface area contributed by atoms with E-state index in [9.17, 15) is 14.4 Å². The highest BCUT2D eigenvalue weighted by Gasteiger charge is 2.15. The van der Waals surface area contributed by atoms with E-state index in [-0.39, 0.29) is 16.6 Å². The largest absolute Gasteiger partial charge is 0.332 e. The first-order chi connectivity index (χ1) is 14.7. The number of benzene rings is 1. The Morgan fingerprint density at radius 3 is 2.61 bits per heavy atom. The monoisotopic (exact) mass is 475 g/mol. The third-order valence-electron chi connectivity index (χ3n) is 4.71. The molecule has 1 aromatic carbocycles. The van der Waals surface area contributed by atoms with Crippen LogP contribution in [0, 0.1) is 0 Å². The van der Waals surface area contributed by atoms with Crippen LogP contribution in [0.5, 0.6) is 0 Å². The lowest BCUT2D eigenvalue weighted by atomic mass is 10.1. The van der Waals surface area contributed by atoms with E-state index in [0.29, 0.717) is 21.6 Å². The molecule has 1 amide bonds. The van der Waals surface area contributed by atoms with Gasteiger partial charge in [0.05, 0.1) is 10.9 Å². The topological polar surface area (TPSA) is 98.9 Å². The van der Waals surface area contributed by atoms with Gasteiger partial charge in [0, 0.05) is 47.8 Å². The molecule has 4 rings (SSSR count). The first kappa shape index (κ1) is 21.2. The first-order valence-electron chi connectivity index (χ1n) is 9.00. The van der Waals surface area contributed by atoms with Crippen LogP contribution >= 0.6 is 34.5 Å². The van der Waals surface area contributed by atoms with Crippen LogP contribution in [-0.2, 0) is 20.5 Å². The van der Waals surface area contributed by atoms with E-state index in [0.717, 1.165) is 15.0 Å². The fraction of sp³-hybridized carbons (Fsp3) is 0.150. The lowest BCUT2D eigenvalue weighted by Gasteiger charge is -2.08. The van der Waals surface area contributed by atoms with E-state index in [2.05, 4.69) is 15.3 Å². The summed E-state index contributed by atoms with van der Waals surface area (Å²) in [6.45, 7) is 0. The molecule has 0 unspecified atom stereocenters. The molecule has 0 atom stereocenters. The molecule has 3 aromatic heterocycles. The van der Waals surface area contributed by atoms with Crippen molar-refractivity contribution in [3.63, 3.8) is 0 Å². The molecule has 0 fully saturated rings. The van der Waals surface area contributed by atoms with Crippen molar-refractivity contribution >= 4 is 56.6 Å². The van der Waals surface area contributed by atoms with Crippen LogP contribution in [0.2, 0.25) is 10.0 Å². The summed E-state index contributed by atoms with van der Waals surface area (Å²) in [5.74, 6) is -0.462. The van der Waals surface area contributed by atoms with Crippen molar-refractivity contribution in [2.45, 2.75) is 6.42 Å². The lowest BCUT2D eigenvalue weighted by Crippen LogP contribution is -2.37. The Balaban J connectivity index is 1.57. The van der Waals surface area contributed by atoms with Crippen molar-refractivity contribution in [1.82, 2.24) is 19.1 Å². The van der Waals surface area contributed by atoms with Gasteiger partial charge >= 0.3 is 5.69 Å². The van der Waals surface area contributed by atoms with Crippen molar-refractivity contribution < 1.29 is 4.79 Å². The molecule has 158 valence electrons. The highest BCUT2D eigenvalue weighted by atomic mass is 35.5. The molecular weight excluding hydrogens is 461 g/mol. The molecule has 0 aliphatic carbocycles. The fourth-order valence-electron chi connectivity index (χ4n) is 3.06. The molecule has 3 heterocycles. The third kappa shape index (κ3) is 4.12. The molecule has 1 N–H and O–H groups in total. The number of anilines is 1. The van der Waals surface area contributed by atoms with Crippen LogP contribution in [0.15, 0.2) is 46.2 Å². The van der Waals surface area contributed by atoms with Gasteiger partial charge in [-0.05, 0) is 23.8 Å². The van der Waals surface area contributed by atoms with E-state index < -0.39 is 17.2 Å². The Bertz CT molecular complexity index is 1460. The molecule has 31 heavy (non-hydrogen) atoms. The number of aryl methyl sites for hydroxylation is 1.